The minimum Gasteiger partial charge on any atom is -0.355 e. The van der Waals surface area contributed by atoms with E-state index in [2.05, 4.69) is 47.2 Å². The van der Waals surface area contributed by atoms with Gasteiger partial charge in [0.05, 0.1) is 0 Å². The Labute approximate surface area is 201 Å². The molecule has 1 saturated heterocycles. The van der Waals surface area contributed by atoms with Gasteiger partial charge in [-0.05, 0) is 35.4 Å². The molecule has 1 aromatic carbocycles. The van der Waals surface area contributed by atoms with Crippen LogP contribution in [0.15, 0.2) is 24.3 Å². The average molecular weight is 478 g/mol. The summed E-state index contributed by atoms with van der Waals surface area (Å²) in [6.45, 7) is 14.3. The van der Waals surface area contributed by atoms with Crippen molar-refractivity contribution in [3.63, 3.8) is 0 Å². The SMILES string of the molecule is CC(CC(=O)NCCN1CCN(c2nc(Cc3ccc(Cl)cc3)ns2)CC1)CC(C)(C)C. The molecule has 0 aliphatic carbocycles. The Bertz CT molecular complexity index is 856. The van der Waals surface area contributed by atoms with Crippen LogP contribution in [-0.4, -0.2) is 59.4 Å². The first-order chi connectivity index (χ1) is 15.2. The molecule has 2 heterocycles. The van der Waals surface area contributed by atoms with Crippen LogP contribution >= 0.6 is 23.1 Å². The van der Waals surface area contributed by atoms with Crippen LogP contribution in [0.4, 0.5) is 5.13 Å². The molecule has 32 heavy (non-hydrogen) atoms. The maximum absolute atomic E-state index is 12.2. The predicted octanol–water partition coefficient (Wildman–Crippen LogP) is 4.48. The Morgan fingerprint density at radius 3 is 2.53 bits per heavy atom. The van der Waals surface area contributed by atoms with E-state index in [0.717, 1.165) is 61.5 Å². The van der Waals surface area contributed by atoms with Crippen molar-refractivity contribution in [2.24, 2.45) is 11.3 Å². The molecule has 1 amide bonds. The highest BCUT2D eigenvalue weighted by molar-refractivity contribution is 7.09. The summed E-state index contributed by atoms with van der Waals surface area (Å²) >= 11 is 7.43. The molecule has 1 aliphatic heterocycles. The Morgan fingerprint density at radius 1 is 1.19 bits per heavy atom. The van der Waals surface area contributed by atoms with Gasteiger partial charge in [-0.15, -0.1) is 0 Å². The minimum atomic E-state index is 0.169. The molecule has 0 spiro atoms. The minimum absolute atomic E-state index is 0.169. The molecule has 1 fully saturated rings. The zero-order valence-corrected chi connectivity index (χ0v) is 21.3. The van der Waals surface area contributed by atoms with Crippen molar-refractivity contribution in [2.45, 2.75) is 47.0 Å². The van der Waals surface area contributed by atoms with E-state index in [-0.39, 0.29) is 11.3 Å². The molecule has 6 nitrogen and oxygen atoms in total. The van der Waals surface area contributed by atoms with Crippen molar-refractivity contribution >= 4 is 34.2 Å². The summed E-state index contributed by atoms with van der Waals surface area (Å²) in [5.74, 6) is 1.44. The second-order valence-electron chi connectivity index (χ2n) is 10.0. The molecule has 1 aliphatic rings. The van der Waals surface area contributed by atoms with Crippen molar-refractivity contribution in [2.75, 3.05) is 44.2 Å². The van der Waals surface area contributed by atoms with Crippen LogP contribution in [0.5, 0.6) is 0 Å². The topological polar surface area (TPSA) is 61.4 Å². The highest BCUT2D eigenvalue weighted by atomic mass is 35.5. The van der Waals surface area contributed by atoms with E-state index in [9.17, 15) is 4.79 Å². The maximum Gasteiger partial charge on any atom is 0.220 e. The fraction of sp³-hybridized carbons (Fsp3) is 0.625. The van der Waals surface area contributed by atoms with E-state index >= 15 is 0 Å². The summed E-state index contributed by atoms with van der Waals surface area (Å²) in [6.07, 6.45) is 2.40. The van der Waals surface area contributed by atoms with Crippen molar-refractivity contribution < 1.29 is 4.79 Å². The lowest BCUT2D eigenvalue weighted by atomic mass is 9.84. The van der Waals surface area contributed by atoms with Crippen LogP contribution in [0.3, 0.4) is 0 Å². The van der Waals surface area contributed by atoms with Crippen LogP contribution in [-0.2, 0) is 11.2 Å². The van der Waals surface area contributed by atoms with Crippen LogP contribution in [0.1, 0.15) is 51.9 Å². The van der Waals surface area contributed by atoms with Crippen LogP contribution < -0.4 is 10.2 Å². The van der Waals surface area contributed by atoms with Gasteiger partial charge in [-0.3, -0.25) is 9.69 Å². The normalized spacial score (nSPS) is 16.2. The number of nitrogens with zero attached hydrogens (tertiary/aromatic N) is 4. The number of amides is 1. The number of benzene rings is 1. The standard InChI is InChI=1S/C24H36ClN5OS/c1-18(17-24(2,3)4)15-22(31)26-9-10-29-11-13-30(14-12-29)23-27-21(28-32-23)16-19-5-7-20(25)8-6-19/h5-8,18H,9-17H2,1-4H3,(H,26,31). The third kappa shape index (κ3) is 8.34. The second-order valence-corrected chi connectivity index (χ2v) is 11.2. The van der Waals surface area contributed by atoms with Gasteiger partial charge in [-0.25, -0.2) is 4.98 Å². The first-order valence-electron chi connectivity index (χ1n) is 11.5. The highest BCUT2D eigenvalue weighted by Crippen LogP contribution is 2.26. The van der Waals surface area contributed by atoms with E-state index in [1.807, 2.05) is 24.3 Å². The van der Waals surface area contributed by atoms with Crippen molar-refractivity contribution in [1.29, 1.82) is 0 Å². The molecule has 1 atom stereocenters. The Kier molecular flexibility index (Phi) is 8.91. The van der Waals surface area contributed by atoms with Gasteiger partial charge in [-0.1, -0.05) is 51.4 Å². The lowest BCUT2D eigenvalue weighted by Crippen LogP contribution is -2.48. The Hall–Kier alpha value is -1.70. The van der Waals surface area contributed by atoms with Gasteiger partial charge in [-0.2, -0.15) is 4.37 Å². The number of piperazine rings is 1. The lowest BCUT2D eigenvalue weighted by molar-refractivity contribution is -0.122. The molecule has 2 aromatic rings. The van der Waals surface area contributed by atoms with Gasteiger partial charge in [0, 0.05) is 68.7 Å². The lowest BCUT2D eigenvalue weighted by Gasteiger charge is -2.34. The summed E-state index contributed by atoms with van der Waals surface area (Å²) in [5.41, 5.74) is 1.43. The third-order valence-electron chi connectivity index (χ3n) is 5.62. The van der Waals surface area contributed by atoms with Gasteiger partial charge < -0.3 is 10.2 Å². The molecule has 176 valence electrons. The van der Waals surface area contributed by atoms with E-state index < -0.39 is 0 Å². The van der Waals surface area contributed by atoms with Gasteiger partial charge in [0.2, 0.25) is 11.0 Å². The van der Waals surface area contributed by atoms with E-state index in [0.29, 0.717) is 18.9 Å². The summed E-state index contributed by atoms with van der Waals surface area (Å²) in [5, 5.41) is 4.84. The average Bonchev–Trinajstić information content (AvgIpc) is 3.17. The molecular weight excluding hydrogens is 442 g/mol. The fourth-order valence-corrected chi connectivity index (χ4v) is 5.11. The smallest absolute Gasteiger partial charge is 0.220 e. The number of halogens is 1. The van der Waals surface area contributed by atoms with Gasteiger partial charge in [0.15, 0.2) is 0 Å². The molecule has 0 saturated carbocycles. The van der Waals surface area contributed by atoms with Crippen LogP contribution in [0.2, 0.25) is 5.02 Å². The van der Waals surface area contributed by atoms with Crippen LogP contribution in [0.25, 0.3) is 0 Å². The molecule has 1 N–H and O–H groups in total. The van der Waals surface area contributed by atoms with Crippen molar-refractivity contribution in [3.05, 3.63) is 40.7 Å². The molecule has 8 heteroatoms. The number of nitrogens with one attached hydrogen (secondary N) is 1. The number of carbonyl (C=O) groups excluding carboxylic acids is 1. The summed E-state index contributed by atoms with van der Waals surface area (Å²) < 4.78 is 4.54. The number of rotatable bonds is 9. The zero-order valence-electron chi connectivity index (χ0n) is 19.7. The quantitative estimate of drug-likeness (QED) is 0.576. The van der Waals surface area contributed by atoms with Gasteiger partial charge in [0.25, 0.3) is 0 Å². The van der Waals surface area contributed by atoms with Crippen molar-refractivity contribution in [1.82, 2.24) is 19.6 Å². The first-order valence-corrected chi connectivity index (χ1v) is 12.6. The monoisotopic (exact) mass is 477 g/mol. The second kappa shape index (κ2) is 11.4. The Balaban J connectivity index is 1.35. The summed E-state index contributed by atoms with van der Waals surface area (Å²) in [7, 11) is 0. The number of carbonyl (C=O) groups is 1. The third-order valence-corrected chi connectivity index (χ3v) is 6.69. The molecular formula is C24H36ClN5OS. The largest absolute Gasteiger partial charge is 0.355 e. The number of anilines is 1. The molecule has 3 rings (SSSR count). The number of hydrogen-bond acceptors (Lipinski definition) is 6. The maximum atomic E-state index is 12.2. The predicted molar refractivity (Wildman–Crippen MR) is 134 cm³/mol. The number of aromatic nitrogens is 2. The fourth-order valence-electron chi connectivity index (χ4n) is 4.25. The van der Waals surface area contributed by atoms with Gasteiger partial charge >= 0.3 is 0 Å². The van der Waals surface area contributed by atoms with E-state index in [1.165, 1.54) is 17.1 Å². The Morgan fingerprint density at radius 2 is 1.88 bits per heavy atom. The molecule has 1 aromatic heterocycles. The van der Waals surface area contributed by atoms with E-state index in [4.69, 9.17) is 16.6 Å². The highest BCUT2D eigenvalue weighted by Gasteiger charge is 2.21. The summed E-state index contributed by atoms with van der Waals surface area (Å²) in [6, 6.07) is 7.84. The molecule has 0 bridgehead atoms. The van der Waals surface area contributed by atoms with Crippen molar-refractivity contribution in [3.8, 4) is 0 Å². The zero-order chi connectivity index (χ0) is 23.1. The van der Waals surface area contributed by atoms with Gasteiger partial charge in [0.1, 0.15) is 5.82 Å². The number of hydrogen-bond donors (Lipinski definition) is 1. The molecule has 1 unspecified atom stereocenters. The summed E-state index contributed by atoms with van der Waals surface area (Å²) in [4.78, 5) is 21.7. The molecule has 0 radical (unpaired) electrons. The van der Waals surface area contributed by atoms with E-state index in [1.54, 1.807) is 0 Å². The first kappa shape index (κ1) is 24.9. The van der Waals surface area contributed by atoms with Crippen LogP contribution in [0, 0.1) is 11.3 Å².